The van der Waals surface area contributed by atoms with Crippen molar-refractivity contribution in [3.05, 3.63) is 22.4 Å². The summed E-state index contributed by atoms with van der Waals surface area (Å²) >= 11 is 3.16. The minimum atomic E-state index is -4.13. The summed E-state index contributed by atoms with van der Waals surface area (Å²) < 4.78 is 38.3. The fourth-order valence-electron chi connectivity index (χ4n) is 2.24. The van der Waals surface area contributed by atoms with E-state index in [0.717, 1.165) is 0 Å². The molecule has 1 saturated heterocycles. The van der Waals surface area contributed by atoms with Crippen molar-refractivity contribution in [2.24, 2.45) is 5.92 Å². The van der Waals surface area contributed by atoms with Crippen LogP contribution < -0.4 is 4.90 Å². The fraction of sp³-hybridized carbons (Fsp3) is 0.500. The van der Waals surface area contributed by atoms with Gasteiger partial charge in [-0.3, -0.25) is 4.79 Å². The van der Waals surface area contributed by atoms with E-state index in [0.29, 0.717) is 16.6 Å². The number of pyridine rings is 1. The molecule has 3 nitrogen and oxygen atoms in total. The summed E-state index contributed by atoms with van der Waals surface area (Å²) in [5.74, 6) is -1.24. The molecular weight excluding hydrogens is 325 g/mol. The van der Waals surface area contributed by atoms with Crippen LogP contribution in [-0.4, -0.2) is 30.5 Å². The smallest absolute Gasteiger partial charge is 0.370 e. The Kier molecular flexibility index (Phi) is 4.13. The number of hydrogen-bond acceptors (Lipinski definition) is 3. The van der Waals surface area contributed by atoms with E-state index in [-0.39, 0.29) is 31.6 Å². The molecule has 0 aliphatic carbocycles. The van der Waals surface area contributed by atoms with Crippen LogP contribution in [0, 0.1) is 5.92 Å². The Balaban J connectivity index is 2.12. The third kappa shape index (κ3) is 3.26. The van der Waals surface area contributed by atoms with Crippen LogP contribution in [0.25, 0.3) is 0 Å². The highest BCUT2D eigenvalue weighted by molar-refractivity contribution is 9.10. The van der Waals surface area contributed by atoms with E-state index < -0.39 is 12.1 Å². The van der Waals surface area contributed by atoms with Gasteiger partial charge >= 0.3 is 6.18 Å². The predicted molar refractivity (Wildman–Crippen MR) is 68.3 cm³/mol. The highest BCUT2D eigenvalue weighted by Crippen LogP contribution is 2.35. The van der Waals surface area contributed by atoms with Crippen LogP contribution in [0.2, 0.25) is 0 Å². The van der Waals surface area contributed by atoms with Crippen molar-refractivity contribution in [1.82, 2.24) is 4.98 Å². The molecule has 2 heterocycles. The molecule has 0 radical (unpaired) electrons. The Morgan fingerprint density at radius 2 is 1.95 bits per heavy atom. The molecule has 1 aromatic rings. The van der Waals surface area contributed by atoms with Crippen LogP contribution in [0.3, 0.4) is 0 Å². The second kappa shape index (κ2) is 5.48. The zero-order chi connectivity index (χ0) is 14.0. The number of aromatic nitrogens is 1. The van der Waals surface area contributed by atoms with Crippen molar-refractivity contribution >= 4 is 27.9 Å². The largest absolute Gasteiger partial charge is 0.391 e. The van der Waals surface area contributed by atoms with Crippen molar-refractivity contribution in [3.63, 3.8) is 0 Å². The first kappa shape index (κ1) is 14.3. The molecule has 1 aliphatic rings. The quantitative estimate of drug-likeness (QED) is 0.612. The Bertz CT molecular complexity index is 471. The Morgan fingerprint density at radius 3 is 2.47 bits per heavy atom. The second-order valence-electron chi connectivity index (χ2n) is 4.46. The number of aldehydes is 1. The molecule has 0 unspecified atom stereocenters. The molecule has 0 spiro atoms. The van der Waals surface area contributed by atoms with Crippen LogP contribution in [0.4, 0.5) is 18.9 Å². The molecule has 104 valence electrons. The van der Waals surface area contributed by atoms with E-state index in [1.54, 1.807) is 17.0 Å². The van der Waals surface area contributed by atoms with Gasteiger partial charge in [-0.05, 0) is 40.9 Å². The molecule has 0 aromatic carbocycles. The molecule has 1 aliphatic heterocycles. The zero-order valence-electron chi connectivity index (χ0n) is 9.95. The minimum absolute atomic E-state index is 0.0534. The lowest BCUT2D eigenvalue weighted by atomic mass is 9.96. The SMILES string of the molecule is O=Cc1nc(Br)ccc1N1CCC(C(F)(F)F)CC1. The van der Waals surface area contributed by atoms with Crippen molar-refractivity contribution in [3.8, 4) is 0 Å². The zero-order valence-corrected chi connectivity index (χ0v) is 11.5. The molecule has 1 aromatic heterocycles. The number of nitrogens with zero attached hydrogens (tertiary/aromatic N) is 2. The summed E-state index contributed by atoms with van der Waals surface area (Å²) in [6, 6.07) is 3.38. The number of anilines is 1. The van der Waals surface area contributed by atoms with Crippen LogP contribution >= 0.6 is 15.9 Å². The highest BCUT2D eigenvalue weighted by Gasteiger charge is 2.41. The van der Waals surface area contributed by atoms with E-state index in [2.05, 4.69) is 20.9 Å². The number of piperidine rings is 1. The monoisotopic (exact) mass is 336 g/mol. The van der Waals surface area contributed by atoms with E-state index >= 15 is 0 Å². The first-order valence-corrected chi connectivity index (χ1v) is 6.64. The van der Waals surface area contributed by atoms with E-state index in [9.17, 15) is 18.0 Å². The number of hydrogen-bond donors (Lipinski definition) is 0. The molecule has 0 saturated carbocycles. The summed E-state index contributed by atoms with van der Waals surface area (Å²) in [7, 11) is 0. The average molecular weight is 337 g/mol. The summed E-state index contributed by atoms with van der Waals surface area (Å²) in [6.07, 6.45) is -3.40. The molecule has 1 fully saturated rings. The van der Waals surface area contributed by atoms with Gasteiger partial charge in [0.15, 0.2) is 6.29 Å². The number of alkyl halides is 3. The lowest BCUT2D eigenvalue weighted by molar-refractivity contribution is -0.179. The maximum atomic E-state index is 12.6. The maximum Gasteiger partial charge on any atom is 0.391 e. The van der Waals surface area contributed by atoms with Crippen molar-refractivity contribution in [2.45, 2.75) is 19.0 Å². The summed E-state index contributed by atoms with van der Waals surface area (Å²) in [4.78, 5) is 16.8. The number of carbonyl (C=O) groups is 1. The Morgan fingerprint density at radius 1 is 1.32 bits per heavy atom. The molecular formula is C12H12BrF3N2O. The minimum Gasteiger partial charge on any atom is -0.370 e. The first-order chi connectivity index (χ1) is 8.91. The first-order valence-electron chi connectivity index (χ1n) is 5.85. The molecule has 0 N–H and O–H groups in total. The topological polar surface area (TPSA) is 33.2 Å². The standard InChI is InChI=1S/C12H12BrF3N2O/c13-11-2-1-10(9(7-19)17-11)18-5-3-8(4-6-18)12(14,15)16/h1-2,7-8H,3-6H2. The maximum absolute atomic E-state index is 12.6. The fourth-order valence-corrected chi connectivity index (χ4v) is 2.57. The van der Waals surface area contributed by atoms with Gasteiger partial charge in [0.2, 0.25) is 0 Å². The molecule has 2 rings (SSSR count). The van der Waals surface area contributed by atoms with E-state index in [1.165, 1.54) is 0 Å². The predicted octanol–water partition coefficient (Wildman–Crippen LogP) is 3.44. The molecule has 0 amide bonds. The van der Waals surface area contributed by atoms with Crippen LogP contribution in [0.5, 0.6) is 0 Å². The molecule has 19 heavy (non-hydrogen) atoms. The van der Waals surface area contributed by atoms with Gasteiger partial charge in [-0.2, -0.15) is 13.2 Å². The summed E-state index contributed by atoms with van der Waals surface area (Å²) in [5, 5.41) is 0. The Labute approximate surface area is 116 Å². The Hall–Kier alpha value is -1.11. The van der Waals surface area contributed by atoms with Gasteiger partial charge in [0.25, 0.3) is 0 Å². The third-order valence-electron chi connectivity index (χ3n) is 3.28. The van der Waals surface area contributed by atoms with E-state index in [1.807, 2.05) is 0 Å². The second-order valence-corrected chi connectivity index (χ2v) is 5.27. The summed E-state index contributed by atoms with van der Waals surface area (Å²) in [5.41, 5.74) is 0.846. The lowest BCUT2D eigenvalue weighted by Crippen LogP contribution is -2.39. The number of carbonyl (C=O) groups excluding carboxylic acids is 1. The van der Waals surface area contributed by atoms with Gasteiger partial charge in [0, 0.05) is 13.1 Å². The van der Waals surface area contributed by atoms with Crippen molar-refractivity contribution in [1.29, 1.82) is 0 Å². The molecule has 7 heteroatoms. The average Bonchev–Trinajstić information content (AvgIpc) is 2.37. The van der Waals surface area contributed by atoms with E-state index in [4.69, 9.17) is 0 Å². The molecule has 0 bridgehead atoms. The number of rotatable bonds is 2. The normalized spacial score (nSPS) is 17.6. The number of halogens is 4. The van der Waals surface area contributed by atoms with Crippen molar-refractivity contribution in [2.75, 3.05) is 18.0 Å². The third-order valence-corrected chi connectivity index (χ3v) is 3.72. The van der Waals surface area contributed by atoms with Crippen LogP contribution in [-0.2, 0) is 0 Å². The van der Waals surface area contributed by atoms with Crippen LogP contribution in [0.1, 0.15) is 23.3 Å². The lowest BCUT2D eigenvalue weighted by Gasteiger charge is -2.34. The highest BCUT2D eigenvalue weighted by atomic mass is 79.9. The molecule has 0 atom stereocenters. The van der Waals surface area contributed by atoms with Gasteiger partial charge in [0.1, 0.15) is 10.3 Å². The van der Waals surface area contributed by atoms with Gasteiger partial charge in [-0.1, -0.05) is 0 Å². The van der Waals surface area contributed by atoms with Gasteiger partial charge < -0.3 is 4.90 Å². The summed E-state index contributed by atoms with van der Waals surface area (Å²) in [6.45, 7) is 0.572. The van der Waals surface area contributed by atoms with Gasteiger partial charge in [0.05, 0.1) is 11.6 Å². The van der Waals surface area contributed by atoms with Crippen molar-refractivity contribution < 1.29 is 18.0 Å². The van der Waals surface area contributed by atoms with Gasteiger partial charge in [-0.15, -0.1) is 0 Å². The van der Waals surface area contributed by atoms with Gasteiger partial charge in [-0.25, -0.2) is 4.98 Å². The van der Waals surface area contributed by atoms with Crippen LogP contribution in [0.15, 0.2) is 16.7 Å².